The van der Waals surface area contributed by atoms with E-state index in [-0.39, 0.29) is 23.5 Å². The number of hydrogen-bond donors (Lipinski definition) is 4. The maximum atomic E-state index is 12.1. The summed E-state index contributed by atoms with van der Waals surface area (Å²) in [5, 5.41) is 38.0. The molecule has 0 saturated heterocycles. The third-order valence-corrected chi connectivity index (χ3v) is 2.77. The number of Topliss-reactive ketones (excluding diaryl/α,β-unsaturated/α-hetero) is 1. The highest BCUT2D eigenvalue weighted by atomic mass is 16.3. The lowest BCUT2D eigenvalue weighted by Crippen LogP contribution is -2.37. The molecule has 1 aromatic carbocycles. The predicted molar refractivity (Wildman–Crippen MR) is 63.5 cm³/mol. The van der Waals surface area contributed by atoms with Crippen molar-refractivity contribution in [3.8, 4) is 11.5 Å². The predicted octanol–water partition coefficient (Wildman–Crippen LogP) is 1.41. The van der Waals surface area contributed by atoms with Gasteiger partial charge in [0.25, 0.3) is 0 Å². The Kier molecular flexibility index (Phi) is 2.84. The molecular weight excluding hydrogens is 236 g/mol. The van der Waals surface area contributed by atoms with Gasteiger partial charge in [0.2, 0.25) is 5.78 Å². The number of hydrogen-bond acceptors (Lipinski definition) is 5. The Bertz CT molecular complexity index is 559. The Morgan fingerprint density at radius 1 is 1.22 bits per heavy atom. The van der Waals surface area contributed by atoms with Crippen molar-refractivity contribution in [1.82, 2.24) is 0 Å². The number of carbonyl (C=O) groups excluding carboxylic acids is 1. The summed E-state index contributed by atoms with van der Waals surface area (Å²) in [7, 11) is 0. The van der Waals surface area contributed by atoms with Gasteiger partial charge in [-0.05, 0) is 30.4 Å². The van der Waals surface area contributed by atoms with Gasteiger partial charge in [0.15, 0.2) is 0 Å². The lowest BCUT2D eigenvalue weighted by Gasteiger charge is -2.24. The van der Waals surface area contributed by atoms with Crippen LogP contribution in [0.5, 0.6) is 11.5 Å². The average molecular weight is 248 g/mol. The molecule has 1 aromatic rings. The first kappa shape index (κ1) is 12.2. The number of aliphatic hydroxyl groups excluding tert-OH is 1. The summed E-state index contributed by atoms with van der Waals surface area (Å²) in [6, 6.07) is 3.50. The second kappa shape index (κ2) is 4.19. The van der Waals surface area contributed by atoms with Gasteiger partial charge >= 0.3 is 0 Å². The van der Waals surface area contributed by atoms with E-state index < -0.39 is 17.1 Å². The molecule has 0 fully saturated rings. The fourth-order valence-corrected chi connectivity index (χ4v) is 1.73. The van der Waals surface area contributed by atoms with E-state index in [9.17, 15) is 15.0 Å². The highest BCUT2D eigenvalue weighted by Gasteiger charge is 2.36. The van der Waals surface area contributed by atoms with Gasteiger partial charge in [0.05, 0.1) is 5.56 Å². The third kappa shape index (κ3) is 2.08. The van der Waals surface area contributed by atoms with Gasteiger partial charge in [-0.2, -0.15) is 0 Å². The monoisotopic (exact) mass is 248 g/mol. The molecule has 0 aromatic heterocycles. The molecule has 94 valence electrons. The summed E-state index contributed by atoms with van der Waals surface area (Å²) < 4.78 is 0. The topological polar surface area (TPSA) is 98.0 Å². The van der Waals surface area contributed by atoms with Crippen LogP contribution in [0.2, 0.25) is 0 Å². The molecular formula is C13H12O5. The van der Waals surface area contributed by atoms with Crippen LogP contribution in [-0.2, 0) is 0 Å². The van der Waals surface area contributed by atoms with E-state index in [1.165, 1.54) is 30.4 Å². The highest BCUT2D eigenvalue weighted by Crippen LogP contribution is 2.30. The van der Waals surface area contributed by atoms with Crippen molar-refractivity contribution < 1.29 is 25.2 Å². The van der Waals surface area contributed by atoms with Crippen molar-refractivity contribution in [2.45, 2.75) is 12.0 Å². The van der Waals surface area contributed by atoms with Crippen molar-refractivity contribution in [1.29, 1.82) is 0 Å². The zero-order valence-corrected chi connectivity index (χ0v) is 9.37. The molecule has 0 aliphatic heterocycles. The molecule has 0 amide bonds. The van der Waals surface area contributed by atoms with Crippen LogP contribution in [0.3, 0.4) is 0 Å². The van der Waals surface area contributed by atoms with Crippen LogP contribution >= 0.6 is 0 Å². The largest absolute Gasteiger partial charge is 0.508 e. The van der Waals surface area contributed by atoms with Crippen LogP contribution < -0.4 is 0 Å². The Balaban J connectivity index is 2.35. The van der Waals surface area contributed by atoms with Gasteiger partial charge in [0.1, 0.15) is 22.9 Å². The van der Waals surface area contributed by atoms with Crippen molar-refractivity contribution >= 4 is 5.78 Å². The molecule has 0 spiro atoms. The number of rotatable bonds is 2. The third-order valence-electron chi connectivity index (χ3n) is 2.77. The molecule has 18 heavy (non-hydrogen) atoms. The maximum Gasteiger partial charge on any atom is 0.202 e. The summed E-state index contributed by atoms with van der Waals surface area (Å²) in [6.07, 6.45) is 3.64. The van der Waals surface area contributed by atoms with Gasteiger partial charge in [-0.3, -0.25) is 4.79 Å². The van der Waals surface area contributed by atoms with Crippen LogP contribution in [0.4, 0.5) is 0 Å². The maximum absolute atomic E-state index is 12.1. The molecule has 0 heterocycles. The van der Waals surface area contributed by atoms with E-state index in [4.69, 9.17) is 10.2 Å². The number of allylic oxidation sites excluding steroid dienone is 1. The van der Waals surface area contributed by atoms with Crippen LogP contribution in [0, 0.1) is 0 Å². The Morgan fingerprint density at radius 3 is 2.50 bits per heavy atom. The first-order chi connectivity index (χ1) is 8.42. The van der Waals surface area contributed by atoms with Crippen molar-refractivity contribution in [3.63, 3.8) is 0 Å². The Labute approximate surface area is 103 Å². The SMILES string of the molecule is O=C(c1ccc(O)cc1O)C1(O)C=CC(O)=CC1. The Morgan fingerprint density at radius 2 is 1.94 bits per heavy atom. The van der Waals surface area contributed by atoms with Crippen LogP contribution in [-0.4, -0.2) is 31.8 Å². The van der Waals surface area contributed by atoms with Crippen molar-refractivity contribution in [2.75, 3.05) is 0 Å². The quantitative estimate of drug-likeness (QED) is 0.593. The number of aromatic hydroxyl groups is 2. The zero-order chi connectivity index (χ0) is 13.3. The summed E-state index contributed by atoms with van der Waals surface area (Å²) in [5.41, 5.74) is -1.88. The number of benzene rings is 1. The molecule has 1 atom stereocenters. The minimum atomic E-state index is -1.79. The smallest absolute Gasteiger partial charge is 0.202 e. The second-order valence-electron chi connectivity index (χ2n) is 4.12. The number of carbonyl (C=O) groups is 1. The van der Waals surface area contributed by atoms with Gasteiger partial charge in [-0.1, -0.05) is 0 Å². The van der Waals surface area contributed by atoms with Gasteiger partial charge in [-0.15, -0.1) is 0 Å². The summed E-state index contributed by atoms with van der Waals surface area (Å²) in [6.45, 7) is 0. The minimum Gasteiger partial charge on any atom is -0.508 e. The number of phenols is 2. The lowest BCUT2D eigenvalue weighted by molar-refractivity contribution is 0.0526. The van der Waals surface area contributed by atoms with E-state index in [1.807, 2.05) is 0 Å². The normalized spacial score (nSPS) is 22.6. The van der Waals surface area contributed by atoms with Crippen LogP contribution in [0.1, 0.15) is 16.8 Å². The van der Waals surface area contributed by atoms with Crippen LogP contribution in [0.25, 0.3) is 0 Å². The van der Waals surface area contributed by atoms with E-state index in [0.29, 0.717) is 0 Å². The summed E-state index contributed by atoms with van der Waals surface area (Å²) in [4.78, 5) is 12.1. The van der Waals surface area contributed by atoms with Crippen molar-refractivity contribution in [3.05, 3.63) is 47.7 Å². The van der Waals surface area contributed by atoms with Gasteiger partial charge in [-0.25, -0.2) is 0 Å². The van der Waals surface area contributed by atoms with E-state index >= 15 is 0 Å². The summed E-state index contributed by atoms with van der Waals surface area (Å²) >= 11 is 0. The molecule has 4 N–H and O–H groups in total. The van der Waals surface area contributed by atoms with Gasteiger partial charge < -0.3 is 20.4 Å². The first-order valence-electron chi connectivity index (χ1n) is 5.30. The lowest BCUT2D eigenvalue weighted by atomic mass is 9.86. The molecule has 1 unspecified atom stereocenters. The molecule has 0 saturated carbocycles. The molecule has 0 radical (unpaired) electrons. The minimum absolute atomic E-state index is 0.0256. The highest BCUT2D eigenvalue weighted by molar-refractivity contribution is 6.06. The Hall–Kier alpha value is -2.27. The standard InChI is InChI=1S/C13H12O5/c14-8-3-5-13(18,6-4-8)12(17)10-2-1-9(15)7-11(10)16/h1-5,7,14-16,18H,6H2. The van der Waals surface area contributed by atoms with E-state index in [2.05, 4.69) is 0 Å². The molecule has 2 rings (SSSR count). The van der Waals surface area contributed by atoms with E-state index in [0.717, 1.165) is 6.07 Å². The average Bonchev–Trinajstić information content (AvgIpc) is 2.32. The second-order valence-corrected chi connectivity index (χ2v) is 4.12. The number of aliphatic hydroxyl groups is 2. The molecule has 5 nitrogen and oxygen atoms in total. The molecule has 1 aliphatic rings. The zero-order valence-electron chi connectivity index (χ0n) is 9.37. The first-order valence-corrected chi connectivity index (χ1v) is 5.30. The van der Waals surface area contributed by atoms with Crippen molar-refractivity contribution in [2.24, 2.45) is 0 Å². The fourth-order valence-electron chi connectivity index (χ4n) is 1.73. The molecule has 0 bridgehead atoms. The summed E-state index contributed by atoms with van der Waals surface area (Å²) in [5.74, 6) is -1.30. The van der Waals surface area contributed by atoms with E-state index in [1.54, 1.807) is 0 Å². The van der Waals surface area contributed by atoms with Crippen LogP contribution in [0.15, 0.2) is 42.2 Å². The van der Waals surface area contributed by atoms with Gasteiger partial charge in [0, 0.05) is 12.5 Å². The number of phenolic OH excluding ortho intramolecular Hbond substituents is 2. The number of ketones is 1. The fraction of sp³-hybridized carbons (Fsp3) is 0.154. The molecule has 1 aliphatic carbocycles. The molecule has 5 heteroatoms.